The third kappa shape index (κ3) is 6.87. The molecule has 36 heavy (non-hydrogen) atoms. The van der Waals surface area contributed by atoms with Gasteiger partial charge < -0.3 is 14.3 Å². The molecule has 0 bridgehead atoms. The minimum Gasteiger partial charge on any atom is -0.329 e. The Labute approximate surface area is 207 Å². The molecule has 1 amide bonds. The number of hydrogen-bond acceptors (Lipinski definition) is 6. The second-order valence-corrected chi connectivity index (χ2v) is 8.92. The van der Waals surface area contributed by atoms with Crippen LogP contribution in [0, 0.1) is 11.7 Å². The maximum Gasteiger partial charge on any atom is 0.471 e. The quantitative estimate of drug-likeness (QED) is 0.273. The number of rotatable bonds is 8. The number of likely N-dealkylation sites (tertiary alicyclic amines) is 1. The van der Waals surface area contributed by atoms with Gasteiger partial charge in [-0.15, -0.1) is 0 Å². The number of hydrogen-bond donors (Lipinski definition) is 0. The van der Waals surface area contributed by atoms with E-state index in [9.17, 15) is 22.4 Å². The molecule has 1 aromatic carbocycles. The highest BCUT2D eigenvalue weighted by molar-refractivity contribution is 5.95. The Hall–Kier alpha value is -3.34. The van der Waals surface area contributed by atoms with Crippen LogP contribution in [0.25, 0.3) is 5.57 Å². The van der Waals surface area contributed by atoms with Crippen molar-refractivity contribution < 1.29 is 26.9 Å². The first-order valence-corrected chi connectivity index (χ1v) is 11.6. The summed E-state index contributed by atoms with van der Waals surface area (Å²) < 4.78 is 56.5. The van der Waals surface area contributed by atoms with Crippen LogP contribution in [0.4, 0.5) is 23.2 Å². The number of carbonyl (C=O) groups excluding carboxylic acids is 1. The number of halogens is 4. The summed E-state index contributed by atoms with van der Waals surface area (Å²) in [6, 6.07) is 6.03. The molecule has 0 spiro atoms. The minimum atomic E-state index is -4.74. The molecular weight excluding hydrogens is 478 g/mol. The van der Waals surface area contributed by atoms with E-state index in [0.717, 1.165) is 13.0 Å². The van der Waals surface area contributed by atoms with Crippen molar-refractivity contribution in [2.24, 2.45) is 10.9 Å². The first kappa shape index (κ1) is 27.3. The van der Waals surface area contributed by atoms with Gasteiger partial charge in [-0.05, 0) is 76.7 Å². The van der Waals surface area contributed by atoms with Crippen molar-refractivity contribution in [3.8, 4) is 0 Å². The fourth-order valence-corrected chi connectivity index (χ4v) is 3.95. The Kier molecular flexibility index (Phi) is 8.78. The number of piperidine rings is 1. The Balaban J connectivity index is 1.87. The zero-order valence-corrected chi connectivity index (χ0v) is 20.4. The Morgan fingerprint density at radius 2 is 2.11 bits per heavy atom. The summed E-state index contributed by atoms with van der Waals surface area (Å²) >= 11 is 0. The van der Waals surface area contributed by atoms with Crippen LogP contribution in [0.5, 0.6) is 0 Å². The Morgan fingerprint density at radius 3 is 2.72 bits per heavy atom. The SMILES string of the molecule is C=N/C(=C\C=C(/C)c1noc(C(F)(F)F)n1)CN(C(=O)C1CCCN(C(C)C)C1)c1cccc(F)c1. The number of aromatic nitrogens is 2. The maximum atomic E-state index is 14.0. The standard InChI is InChI=1S/C25H29F4N5O2/c1-16(2)33-12-6-7-18(14-33)23(35)34(21-9-5-8-19(26)13-21)15-20(30-4)11-10-17(3)22-31-24(36-32-22)25(27,28)29/h5,8-11,13,16,18H,4,6-7,12,14-15H2,1-3H3/b17-10+,20-11-. The molecule has 1 saturated heterocycles. The Morgan fingerprint density at radius 1 is 1.36 bits per heavy atom. The highest BCUT2D eigenvalue weighted by Gasteiger charge is 2.38. The zero-order chi connectivity index (χ0) is 26.5. The van der Waals surface area contributed by atoms with Gasteiger partial charge in [0.1, 0.15) is 5.82 Å². The van der Waals surface area contributed by atoms with Crippen LogP contribution in [0.1, 0.15) is 45.3 Å². The largest absolute Gasteiger partial charge is 0.471 e. The monoisotopic (exact) mass is 507 g/mol. The van der Waals surface area contributed by atoms with E-state index in [2.05, 4.69) is 45.1 Å². The molecular formula is C25H29F4N5O2. The number of amides is 1. The molecule has 11 heteroatoms. The van der Waals surface area contributed by atoms with Crippen LogP contribution >= 0.6 is 0 Å². The van der Waals surface area contributed by atoms with Crippen LogP contribution in [0.15, 0.2) is 51.6 Å². The normalized spacial score (nSPS) is 17.9. The number of allylic oxidation sites excluding steroid dienone is 3. The lowest BCUT2D eigenvalue weighted by molar-refractivity contribution is -0.159. The van der Waals surface area contributed by atoms with Crippen LogP contribution in [-0.2, 0) is 11.0 Å². The summed E-state index contributed by atoms with van der Waals surface area (Å²) in [4.78, 5) is 24.7. The summed E-state index contributed by atoms with van der Waals surface area (Å²) in [5.74, 6) is -2.58. The van der Waals surface area contributed by atoms with E-state index in [4.69, 9.17) is 0 Å². The first-order valence-electron chi connectivity index (χ1n) is 11.6. The molecule has 3 rings (SSSR count). The molecule has 0 radical (unpaired) electrons. The van der Waals surface area contributed by atoms with E-state index in [1.54, 1.807) is 6.07 Å². The lowest BCUT2D eigenvalue weighted by Crippen LogP contribution is -2.47. The smallest absolute Gasteiger partial charge is 0.329 e. The van der Waals surface area contributed by atoms with Gasteiger partial charge in [0.15, 0.2) is 5.82 Å². The van der Waals surface area contributed by atoms with Crippen molar-refractivity contribution in [3.05, 3.63) is 59.6 Å². The van der Waals surface area contributed by atoms with Gasteiger partial charge in [-0.25, -0.2) is 4.39 Å². The topological polar surface area (TPSA) is 74.8 Å². The summed E-state index contributed by atoms with van der Waals surface area (Å²) in [5.41, 5.74) is 1.02. The Bertz CT molecular complexity index is 1140. The van der Waals surface area contributed by atoms with Crippen LogP contribution < -0.4 is 4.90 Å². The average Bonchev–Trinajstić information content (AvgIpc) is 3.35. The van der Waals surface area contributed by atoms with E-state index in [1.807, 2.05) is 0 Å². The van der Waals surface area contributed by atoms with Gasteiger partial charge in [0, 0.05) is 18.3 Å². The van der Waals surface area contributed by atoms with E-state index in [-0.39, 0.29) is 24.2 Å². The van der Waals surface area contributed by atoms with Gasteiger partial charge in [-0.3, -0.25) is 9.79 Å². The van der Waals surface area contributed by atoms with E-state index >= 15 is 0 Å². The molecule has 194 valence electrons. The lowest BCUT2D eigenvalue weighted by atomic mass is 9.95. The number of anilines is 1. The molecule has 0 saturated carbocycles. The summed E-state index contributed by atoms with van der Waals surface area (Å²) in [6.45, 7) is 10.7. The van der Waals surface area contributed by atoms with Crippen LogP contribution in [0.2, 0.25) is 0 Å². The molecule has 2 aromatic rings. The van der Waals surface area contributed by atoms with Gasteiger partial charge >= 0.3 is 12.1 Å². The van der Waals surface area contributed by atoms with Gasteiger partial charge in [0.05, 0.1) is 18.2 Å². The highest BCUT2D eigenvalue weighted by Crippen LogP contribution is 2.29. The third-order valence-corrected chi connectivity index (χ3v) is 5.99. The zero-order valence-electron chi connectivity index (χ0n) is 20.4. The van der Waals surface area contributed by atoms with E-state index in [0.29, 0.717) is 36.0 Å². The maximum absolute atomic E-state index is 14.0. The molecule has 1 fully saturated rings. The first-order chi connectivity index (χ1) is 17.0. The van der Waals surface area contributed by atoms with Crippen LogP contribution in [-0.4, -0.2) is 53.3 Å². The molecule has 1 aliphatic rings. The van der Waals surface area contributed by atoms with Gasteiger partial charge in [-0.1, -0.05) is 17.3 Å². The number of aliphatic imine (C=N–C) groups is 1. The van der Waals surface area contributed by atoms with Gasteiger partial charge in [-0.2, -0.15) is 18.2 Å². The second kappa shape index (κ2) is 11.6. The summed E-state index contributed by atoms with van der Waals surface area (Å²) in [7, 11) is 0. The second-order valence-electron chi connectivity index (χ2n) is 8.92. The molecule has 0 N–H and O–H groups in total. The van der Waals surface area contributed by atoms with Crippen molar-refractivity contribution >= 4 is 23.9 Å². The lowest BCUT2D eigenvalue weighted by Gasteiger charge is -2.37. The van der Waals surface area contributed by atoms with Crippen molar-refractivity contribution in [1.82, 2.24) is 15.0 Å². The molecule has 1 atom stereocenters. The molecule has 1 unspecified atom stereocenters. The van der Waals surface area contributed by atoms with Crippen LogP contribution in [0.3, 0.4) is 0 Å². The predicted octanol–water partition coefficient (Wildman–Crippen LogP) is 5.37. The van der Waals surface area contributed by atoms with Crippen molar-refractivity contribution in [2.45, 2.75) is 45.8 Å². The highest BCUT2D eigenvalue weighted by atomic mass is 19.4. The molecule has 1 aromatic heterocycles. The fourth-order valence-electron chi connectivity index (χ4n) is 3.95. The third-order valence-electron chi connectivity index (χ3n) is 5.99. The molecule has 2 heterocycles. The molecule has 1 aliphatic heterocycles. The van der Waals surface area contributed by atoms with Crippen molar-refractivity contribution in [3.63, 3.8) is 0 Å². The van der Waals surface area contributed by atoms with Gasteiger partial charge in [0.25, 0.3) is 0 Å². The minimum absolute atomic E-state index is 0.00616. The molecule has 0 aliphatic carbocycles. The number of benzene rings is 1. The number of nitrogens with zero attached hydrogens (tertiary/aromatic N) is 5. The molecule has 7 nitrogen and oxygen atoms in total. The van der Waals surface area contributed by atoms with Crippen molar-refractivity contribution in [1.29, 1.82) is 0 Å². The summed E-state index contributed by atoms with van der Waals surface area (Å²) in [5, 5.41) is 3.35. The van der Waals surface area contributed by atoms with Gasteiger partial charge in [0.2, 0.25) is 5.91 Å². The van der Waals surface area contributed by atoms with E-state index < -0.39 is 17.9 Å². The van der Waals surface area contributed by atoms with Crippen molar-refractivity contribution in [2.75, 3.05) is 24.5 Å². The fraction of sp³-hybridized carbons (Fsp3) is 0.440. The predicted molar refractivity (Wildman–Crippen MR) is 129 cm³/mol. The van der Waals surface area contributed by atoms with E-state index in [1.165, 1.54) is 42.2 Å². The average molecular weight is 508 g/mol. The summed E-state index contributed by atoms with van der Waals surface area (Å²) in [6.07, 6.45) is -0.185. The number of carbonyl (C=O) groups is 1. The number of alkyl halides is 3.